The third-order valence-corrected chi connectivity index (χ3v) is 6.51. The van der Waals surface area contributed by atoms with Crippen molar-refractivity contribution < 1.29 is 69.5 Å². The van der Waals surface area contributed by atoms with Crippen LogP contribution in [0.2, 0.25) is 0 Å². The van der Waals surface area contributed by atoms with Crippen LogP contribution in [0.25, 0.3) is 0 Å². The van der Waals surface area contributed by atoms with Crippen LogP contribution in [0.4, 0.5) is 0 Å². The van der Waals surface area contributed by atoms with Gasteiger partial charge in [-0.15, -0.1) is 0 Å². The topological polar surface area (TPSA) is 77.4 Å². The van der Waals surface area contributed by atoms with Gasteiger partial charge in [0, 0.05) is 5.25 Å². The second kappa shape index (κ2) is 20.8. The van der Waals surface area contributed by atoms with Gasteiger partial charge in [0.25, 0.3) is 0 Å². The Morgan fingerprint density at radius 3 is 1.52 bits per heavy atom. The van der Waals surface area contributed by atoms with Crippen LogP contribution in [0.15, 0.2) is 0 Å². The molecule has 0 radical (unpaired) electrons. The Balaban J connectivity index is 0. The van der Waals surface area contributed by atoms with Gasteiger partial charge in [-0.25, -0.2) is 8.42 Å². The molecule has 0 fully saturated rings. The van der Waals surface area contributed by atoms with Gasteiger partial charge < -0.3 is 9.66 Å². The van der Waals surface area contributed by atoms with E-state index >= 15 is 0 Å². The number of aliphatic hydroxyl groups excluding tert-OH is 1. The van der Waals surface area contributed by atoms with E-state index in [0.29, 0.717) is 25.7 Å². The summed E-state index contributed by atoms with van der Waals surface area (Å²) in [4.78, 5) is 0. The van der Waals surface area contributed by atoms with E-state index in [-0.39, 0.29) is 57.5 Å². The number of hydrogen-bond acceptors (Lipinski definition) is 4. The fourth-order valence-electron chi connectivity index (χ4n) is 3.52. The van der Waals surface area contributed by atoms with E-state index in [1.807, 2.05) is 6.92 Å². The zero-order valence-electron chi connectivity index (χ0n) is 18.3. The number of hydrogen-bond donors (Lipinski definition) is 1. The predicted molar refractivity (Wildman–Crippen MR) is 109 cm³/mol. The second-order valence-electron chi connectivity index (χ2n) is 7.81. The standard InChI is InChI=1S/C21H44O4S.K/c1-3-5-6-7-8-9-10-11-12-13-18-21(26(23,24)25)19-15-14-17-20(22)16-4-2;/h20-22H,3-19H2,1-2H3,(H,23,24,25);/q;+1/p-1. The molecule has 0 aromatic heterocycles. The smallest absolute Gasteiger partial charge is 0.748 e. The summed E-state index contributed by atoms with van der Waals surface area (Å²) in [5.41, 5.74) is 0. The molecule has 0 saturated carbocycles. The Kier molecular flexibility index (Phi) is 23.6. The minimum atomic E-state index is -4.20. The summed E-state index contributed by atoms with van der Waals surface area (Å²) in [5, 5.41) is 8.96. The second-order valence-corrected chi connectivity index (χ2v) is 9.46. The molecule has 0 aliphatic heterocycles. The summed E-state index contributed by atoms with van der Waals surface area (Å²) in [6.45, 7) is 4.26. The third kappa shape index (κ3) is 20.6. The first-order valence-corrected chi connectivity index (χ1v) is 12.5. The van der Waals surface area contributed by atoms with Crippen molar-refractivity contribution in [3.63, 3.8) is 0 Å². The molecule has 158 valence electrons. The quantitative estimate of drug-likeness (QED) is 0.194. The molecule has 0 saturated heterocycles. The van der Waals surface area contributed by atoms with Crippen molar-refractivity contribution >= 4 is 10.1 Å². The van der Waals surface area contributed by atoms with Crippen LogP contribution in [0, 0.1) is 0 Å². The predicted octanol–water partition coefficient (Wildman–Crippen LogP) is 2.94. The molecule has 2 unspecified atom stereocenters. The molecule has 6 heteroatoms. The van der Waals surface area contributed by atoms with Gasteiger partial charge in [0.15, 0.2) is 0 Å². The minimum absolute atomic E-state index is 0. The monoisotopic (exact) mass is 430 g/mol. The third-order valence-electron chi connectivity index (χ3n) is 5.22. The fraction of sp³-hybridized carbons (Fsp3) is 1.00. The molecular formula is C21H43KO4S. The van der Waals surface area contributed by atoms with E-state index in [2.05, 4.69) is 6.92 Å². The molecule has 0 rings (SSSR count). The first kappa shape index (κ1) is 30.7. The van der Waals surface area contributed by atoms with Crippen LogP contribution in [-0.2, 0) is 10.1 Å². The summed E-state index contributed by atoms with van der Waals surface area (Å²) >= 11 is 0. The fourth-order valence-corrected chi connectivity index (χ4v) is 4.43. The van der Waals surface area contributed by atoms with Gasteiger partial charge in [0.2, 0.25) is 0 Å². The minimum Gasteiger partial charge on any atom is -0.748 e. The maximum Gasteiger partial charge on any atom is 1.00 e. The molecule has 0 spiro atoms. The molecule has 0 amide bonds. The van der Waals surface area contributed by atoms with Crippen LogP contribution >= 0.6 is 0 Å². The normalized spacial score (nSPS) is 13.9. The van der Waals surface area contributed by atoms with E-state index < -0.39 is 15.4 Å². The van der Waals surface area contributed by atoms with E-state index in [1.54, 1.807) is 0 Å². The van der Waals surface area contributed by atoms with Gasteiger partial charge >= 0.3 is 51.4 Å². The molecule has 2 atom stereocenters. The summed E-state index contributed by atoms with van der Waals surface area (Å²) < 4.78 is 34.3. The maximum absolute atomic E-state index is 11.4. The van der Waals surface area contributed by atoms with Crippen molar-refractivity contribution in [2.75, 3.05) is 0 Å². The van der Waals surface area contributed by atoms with Crippen LogP contribution < -0.4 is 51.4 Å². The average Bonchev–Trinajstić information content (AvgIpc) is 2.57. The molecule has 1 N–H and O–H groups in total. The van der Waals surface area contributed by atoms with Crippen molar-refractivity contribution in [2.24, 2.45) is 0 Å². The van der Waals surface area contributed by atoms with Crippen LogP contribution in [-0.4, -0.2) is 29.4 Å². The zero-order valence-corrected chi connectivity index (χ0v) is 22.2. The van der Waals surface area contributed by atoms with E-state index in [0.717, 1.165) is 38.5 Å². The van der Waals surface area contributed by atoms with Gasteiger partial charge in [0.1, 0.15) is 0 Å². The van der Waals surface area contributed by atoms with Crippen molar-refractivity contribution in [2.45, 2.75) is 134 Å². The molecular weight excluding hydrogens is 387 g/mol. The number of rotatable bonds is 19. The zero-order chi connectivity index (χ0) is 19.7. The Hall–Kier alpha value is 1.51. The van der Waals surface area contributed by atoms with E-state index in [1.165, 1.54) is 44.9 Å². The van der Waals surface area contributed by atoms with Gasteiger partial charge in [-0.1, -0.05) is 97.3 Å². The van der Waals surface area contributed by atoms with Crippen molar-refractivity contribution in [1.29, 1.82) is 0 Å². The summed E-state index contributed by atoms with van der Waals surface area (Å²) in [6, 6.07) is 0. The molecule has 0 heterocycles. The van der Waals surface area contributed by atoms with Crippen LogP contribution in [0.3, 0.4) is 0 Å². The van der Waals surface area contributed by atoms with Gasteiger partial charge in [-0.3, -0.25) is 0 Å². The Morgan fingerprint density at radius 2 is 1.07 bits per heavy atom. The summed E-state index contributed by atoms with van der Waals surface area (Å²) in [7, 11) is -4.20. The molecule has 27 heavy (non-hydrogen) atoms. The number of aliphatic hydroxyl groups is 1. The van der Waals surface area contributed by atoms with Crippen LogP contribution in [0.5, 0.6) is 0 Å². The summed E-state index contributed by atoms with van der Waals surface area (Å²) in [6.07, 6.45) is 16.7. The van der Waals surface area contributed by atoms with Gasteiger partial charge in [-0.05, 0) is 25.7 Å². The first-order chi connectivity index (χ1) is 12.4. The van der Waals surface area contributed by atoms with Crippen molar-refractivity contribution in [3.05, 3.63) is 0 Å². The van der Waals surface area contributed by atoms with Crippen LogP contribution in [0.1, 0.15) is 123 Å². The van der Waals surface area contributed by atoms with Gasteiger partial charge in [-0.2, -0.15) is 0 Å². The summed E-state index contributed by atoms with van der Waals surface area (Å²) in [5.74, 6) is 0. The van der Waals surface area contributed by atoms with Crippen molar-refractivity contribution in [3.8, 4) is 0 Å². The Labute approximate surface area is 211 Å². The molecule has 0 aromatic rings. The Morgan fingerprint density at radius 1 is 0.667 bits per heavy atom. The number of unbranched alkanes of at least 4 members (excludes halogenated alkanes) is 10. The first-order valence-electron chi connectivity index (χ1n) is 11.0. The average molecular weight is 431 g/mol. The SMILES string of the molecule is CCCCCCCCCCCCC(CCCCC(O)CCC)S(=O)(=O)[O-].[K+]. The molecule has 0 bridgehead atoms. The van der Waals surface area contributed by atoms with Crippen molar-refractivity contribution in [1.82, 2.24) is 0 Å². The van der Waals surface area contributed by atoms with Gasteiger partial charge in [0.05, 0.1) is 16.2 Å². The molecule has 0 aliphatic carbocycles. The molecule has 0 aromatic carbocycles. The van der Waals surface area contributed by atoms with E-state index in [4.69, 9.17) is 0 Å². The molecule has 4 nitrogen and oxygen atoms in total. The largest absolute Gasteiger partial charge is 1.00 e. The maximum atomic E-state index is 11.4. The Bertz CT molecular complexity index is 401. The van der Waals surface area contributed by atoms with E-state index in [9.17, 15) is 18.1 Å². The molecule has 0 aliphatic rings.